The SMILES string of the molecule is NC(=O)c1cc2c(nc1NC1CCNC1)CCC2. The van der Waals surface area contributed by atoms with Crippen molar-refractivity contribution < 1.29 is 4.79 Å². The average molecular weight is 246 g/mol. The van der Waals surface area contributed by atoms with Gasteiger partial charge in [-0.05, 0) is 43.9 Å². The number of amides is 1. The molecule has 5 nitrogen and oxygen atoms in total. The molecule has 1 aliphatic heterocycles. The van der Waals surface area contributed by atoms with Crippen LogP contribution in [-0.4, -0.2) is 30.0 Å². The predicted octanol–water partition coefficient (Wildman–Crippen LogP) is 0.443. The van der Waals surface area contributed by atoms with Crippen molar-refractivity contribution in [3.8, 4) is 0 Å². The fourth-order valence-electron chi connectivity index (χ4n) is 2.74. The summed E-state index contributed by atoms with van der Waals surface area (Å²) in [6, 6.07) is 2.26. The van der Waals surface area contributed by atoms with Crippen LogP contribution in [0.2, 0.25) is 0 Å². The molecule has 5 heteroatoms. The smallest absolute Gasteiger partial charge is 0.252 e. The minimum Gasteiger partial charge on any atom is -0.365 e. The van der Waals surface area contributed by atoms with Crippen LogP contribution in [0, 0.1) is 0 Å². The molecule has 18 heavy (non-hydrogen) atoms. The summed E-state index contributed by atoms with van der Waals surface area (Å²) in [6.07, 6.45) is 4.19. The second-order valence-electron chi connectivity index (χ2n) is 5.04. The summed E-state index contributed by atoms with van der Waals surface area (Å²) >= 11 is 0. The first-order valence-corrected chi connectivity index (χ1v) is 6.54. The lowest BCUT2D eigenvalue weighted by Gasteiger charge is -2.15. The molecule has 1 aromatic rings. The number of aromatic nitrogens is 1. The molecule has 1 amide bonds. The van der Waals surface area contributed by atoms with Crippen LogP contribution in [0.1, 0.15) is 34.5 Å². The molecular formula is C13H18N4O. The standard InChI is InChI=1S/C13H18N4O/c14-12(18)10-6-8-2-1-3-11(8)17-13(10)16-9-4-5-15-7-9/h6,9,15H,1-5,7H2,(H2,14,18)(H,16,17). The molecule has 4 N–H and O–H groups in total. The molecule has 1 aliphatic carbocycles. The van der Waals surface area contributed by atoms with Crippen molar-refractivity contribution in [2.24, 2.45) is 5.73 Å². The van der Waals surface area contributed by atoms with E-state index in [9.17, 15) is 4.79 Å². The van der Waals surface area contributed by atoms with Crippen LogP contribution < -0.4 is 16.4 Å². The Hall–Kier alpha value is -1.62. The second-order valence-corrected chi connectivity index (χ2v) is 5.04. The third-order valence-corrected chi connectivity index (χ3v) is 3.72. The number of hydrogen-bond acceptors (Lipinski definition) is 4. The van der Waals surface area contributed by atoms with E-state index in [0.717, 1.165) is 44.5 Å². The summed E-state index contributed by atoms with van der Waals surface area (Å²) in [6.45, 7) is 1.92. The fourth-order valence-corrected chi connectivity index (χ4v) is 2.74. The number of primary amides is 1. The molecule has 1 unspecified atom stereocenters. The predicted molar refractivity (Wildman–Crippen MR) is 69.7 cm³/mol. The Morgan fingerprint density at radius 3 is 3.11 bits per heavy atom. The Morgan fingerprint density at radius 2 is 2.39 bits per heavy atom. The van der Waals surface area contributed by atoms with Crippen molar-refractivity contribution in [3.05, 3.63) is 22.9 Å². The highest BCUT2D eigenvalue weighted by Crippen LogP contribution is 2.25. The van der Waals surface area contributed by atoms with Gasteiger partial charge in [0.2, 0.25) is 0 Å². The lowest BCUT2D eigenvalue weighted by molar-refractivity contribution is 0.100. The maximum Gasteiger partial charge on any atom is 0.252 e. The van der Waals surface area contributed by atoms with E-state index in [4.69, 9.17) is 5.73 Å². The first-order valence-electron chi connectivity index (χ1n) is 6.54. The maximum absolute atomic E-state index is 11.5. The summed E-state index contributed by atoms with van der Waals surface area (Å²) in [7, 11) is 0. The Morgan fingerprint density at radius 1 is 1.50 bits per heavy atom. The van der Waals surface area contributed by atoms with E-state index in [0.29, 0.717) is 17.4 Å². The van der Waals surface area contributed by atoms with Crippen LogP contribution in [-0.2, 0) is 12.8 Å². The number of carbonyl (C=O) groups is 1. The Bertz CT molecular complexity index is 480. The number of fused-ring (bicyclic) bond motifs is 1. The van der Waals surface area contributed by atoms with Gasteiger partial charge < -0.3 is 16.4 Å². The zero-order valence-corrected chi connectivity index (χ0v) is 10.3. The fraction of sp³-hybridized carbons (Fsp3) is 0.538. The Labute approximate surface area is 106 Å². The van der Waals surface area contributed by atoms with Crippen LogP contribution in [0.5, 0.6) is 0 Å². The number of nitrogens with zero attached hydrogens (tertiary/aromatic N) is 1. The van der Waals surface area contributed by atoms with E-state index in [1.807, 2.05) is 6.07 Å². The van der Waals surface area contributed by atoms with Gasteiger partial charge in [0.05, 0.1) is 5.56 Å². The third kappa shape index (κ3) is 2.06. The van der Waals surface area contributed by atoms with Crippen molar-refractivity contribution in [3.63, 3.8) is 0 Å². The first kappa shape index (κ1) is 11.5. The van der Waals surface area contributed by atoms with E-state index in [1.54, 1.807) is 0 Å². The molecule has 0 saturated carbocycles. The van der Waals surface area contributed by atoms with E-state index < -0.39 is 5.91 Å². The molecule has 1 fully saturated rings. The van der Waals surface area contributed by atoms with Gasteiger partial charge in [-0.25, -0.2) is 4.98 Å². The van der Waals surface area contributed by atoms with Gasteiger partial charge in [-0.2, -0.15) is 0 Å². The quantitative estimate of drug-likeness (QED) is 0.723. The number of nitrogens with one attached hydrogen (secondary N) is 2. The Kier molecular flexibility index (Phi) is 2.91. The van der Waals surface area contributed by atoms with Gasteiger partial charge in [0, 0.05) is 18.3 Å². The minimum atomic E-state index is -0.398. The average Bonchev–Trinajstić information content (AvgIpc) is 2.97. The third-order valence-electron chi connectivity index (χ3n) is 3.72. The summed E-state index contributed by atoms with van der Waals surface area (Å²) in [4.78, 5) is 16.1. The minimum absolute atomic E-state index is 0.343. The summed E-state index contributed by atoms with van der Waals surface area (Å²) in [5, 5.41) is 6.63. The van der Waals surface area contributed by atoms with Gasteiger partial charge in [-0.15, -0.1) is 0 Å². The molecule has 0 aromatic carbocycles. The molecule has 0 radical (unpaired) electrons. The highest BCUT2D eigenvalue weighted by Gasteiger charge is 2.22. The van der Waals surface area contributed by atoms with E-state index in [-0.39, 0.29) is 0 Å². The van der Waals surface area contributed by atoms with Crippen molar-refractivity contribution >= 4 is 11.7 Å². The molecule has 2 heterocycles. The molecule has 2 aliphatic rings. The van der Waals surface area contributed by atoms with Crippen LogP contribution in [0.25, 0.3) is 0 Å². The van der Waals surface area contributed by atoms with Gasteiger partial charge in [0.1, 0.15) is 5.82 Å². The number of anilines is 1. The van der Waals surface area contributed by atoms with E-state index >= 15 is 0 Å². The molecule has 96 valence electrons. The maximum atomic E-state index is 11.5. The van der Waals surface area contributed by atoms with Crippen molar-refractivity contribution in [2.75, 3.05) is 18.4 Å². The lowest BCUT2D eigenvalue weighted by atomic mass is 10.1. The number of hydrogen-bond donors (Lipinski definition) is 3. The first-order chi connectivity index (χ1) is 8.74. The summed E-state index contributed by atoms with van der Waals surface area (Å²) in [5.74, 6) is 0.266. The largest absolute Gasteiger partial charge is 0.365 e. The van der Waals surface area contributed by atoms with Crippen LogP contribution >= 0.6 is 0 Å². The van der Waals surface area contributed by atoms with Gasteiger partial charge in [-0.1, -0.05) is 0 Å². The highest BCUT2D eigenvalue weighted by atomic mass is 16.1. The zero-order chi connectivity index (χ0) is 12.5. The molecule has 1 aromatic heterocycles. The second kappa shape index (κ2) is 4.57. The molecular weight excluding hydrogens is 228 g/mol. The number of pyridine rings is 1. The van der Waals surface area contributed by atoms with Crippen molar-refractivity contribution in [1.29, 1.82) is 0 Å². The Balaban J connectivity index is 1.92. The van der Waals surface area contributed by atoms with Crippen molar-refractivity contribution in [2.45, 2.75) is 31.7 Å². The summed E-state index contributed by atoms with van der Waals surface area (Å²) < 4.78 is 0. The van der Waals surface area contributed by atoms with Gasteiger partial charge in [0.15, 0.2) is 0 Å². The molecule has 1 atom stereocenters. The highest BCUT2D eigenvalue weighted by molar-refractivity contribution is 5.97. The number of rotatable bonds is 3. The molecule has 3 rings (SSSR count). The molecule has 0 spiro atoms. The number of nitrogens with two attached hydrogens (primary N) is 1. The zero-order valence-electron chi connectivity index (χ0n) is 10.3. The number of aryl methyl sites for hydroxylation is 2. The van der Waals surface area contributed by atoms with E-state index in [1.165, 1.54) is 5.56 Å². The van der Waals surface area contributed by atoms with Crippen LogP contribution in [0.3, 0.4) is 0 Å². The lowest BCUT2D eigenvalue weighted by Crippen LogP contribution is -2.25. The number of carbonyl (C=O) groups excluding carboxylic acids is 1. The monoisotopic (exact) mass is 246 g/mol. The molecule has 0 bridgehead atoms. The van der Waals surface area contributed by atoms with Crippen LogP contribution in [0.4, 0.5) is 5.82 Å². The van der Waals surface area contributed by atoms with Crippen LogP contribution in [0.15, 0.2) is 6.07 Å². The topological polar surface area (TPSA) is 80.0 Å². The summed E-state index contributed by atoms with van der Waals surface area (Å²) in [5.41, 5.74) is 8.28. The van der Waals surface area contributed by atoms with Gasteiger partial charge in [0.25, 0.3) is 5.91 Å². The normalized spacial score (nSPS) is 21.9. The molecule has 1 saturated heterocycles. The van der Waals surface area contributed by atoms with Crippen molar-refractivity contribution in [1.82, 2.24) is 10.3 Å². The van der Waals surface area contributed by atoms with Gasteiger partial charge in [-0.3, -0.25) is 4.79 Å². The van der Waals surface area contributed by atoms with Gasteiger partial charge >= 0.3 is 0 Å². The van der Waals surface area contributed by atoms with E-state index in [2.05, 4.69) is 15.6 Å².